The van der Waals surface area contributed by atoms with Gasteiger partial charge in [0.15, 0.2) is 0 Å². The minimum atomic E-state index is -0.259. The van der Waals surface area contributed by atoms with Crippen molar-refractivity contribution in [2.75, 3.05) is 5.32 Å². The molecule has 0 aliphatic carbocycles. The van der Waals surface area contributed by atoms with Crippen LogP contribution in [0, 0.1) is 6.92 Å². The number of nitrogens with one attached hydrogen (secondary N) is 2. The second-order valence-electron chi connectivity index (χ2n) is 5.87. The minimum Gasteiger partial charge on any atom is -0.369 e. The largest absolute Gasteiger partial charge is 0.369 e. The van der Waals surface area contributed by atoms with Crippen molar-refractivity contribution in [3.63, 3.8) is 0 Å². The molecule has 2 heterocycles. The molecule has 6 N–H and O–H groups in total. The van der Waals surface area contributed by atoms with Gasteiger partial charge in [-0.05, 0) is 49.2 Å². The fourth-order valence-corrected chi connectivity index (χ4v) is 2.40. The van der Waals surface area contributed by atoms with E-state index < -0.39 is 0 Å². The molecule has 0 fully saturated rings. The number of benzene rings is 1. The van der Waals surface area contributed by atoms with E-state index in [1.54, 1.807) is 25.3 Å². The smallest absolute Gasteiger partial charge is 0.273 e. The van der Waals surface area contributed by atoms with E-state index in [0.717, 1.165) is 22.0 Å². The third kappa shape index (κ3) is 3.86. The van der Waals surface area contributed by atoms with Crippen molar-refractivity contribution in [1.82, 2.24) is 9.97 Å². The first kappa shape index (κ1) is 17.2. The van der Waals surface area contributed by atoms with Crippen molar-refractivity contribution in [3.05, 3.63) is 59.4 Å². The van der Waals surface area contributed by atoms with Gasteiger partial charge in [-0.25, -0.2) is 4.98 Å². The Balaban J connectivity index is 1.84. The summed E-state index contributed by atoms with van der Waals surface area (Å²) in [5.74, 6) is 0.140. The van der Waals surface area contributed by atoms with Crippen LogP contribution in [0.25, 0.3) is 10.9 Å². The Morgan fingerprint density at radius 3 is 2.65 bits per heavy atom. The highest BCUT2D eigenvalue weighted by atomic mass is 16.1. The van der Waals surface area contributed by atoms with E-state index in [-0.39, 0.29) is 11.9 Å². The first-order chi connectivity index (χ1) is 12.4. The highest BCUT2D eigenvalue weighted by Crippen LogP contribution is 2.19. The lowest BCUT2D eigenvalue weighted by Gasteiger charge is -2.02. The number of carbonyl (C=O) groups excluding carboxylic acids is 1. The van der Waals surface area contributed by atoms with E-state index in [1.807, 2.05) is 31.2 Å². The summed E-state index contributed by atoms with van der Waals surface area (Å²) in [6, 6.07) is 11.1. The van der Waals surface area contributed by atoms with E-state index in [2.05, 4.69) is 25.5 Å². The summed E-state index contributed by atoms with van der Waals surface area (Å²) in [7, 11) is 0. The summed E-state index contributed by atoms with van der Waals surface area (Å²) >= 11 is 0. The van der Waals surface area contributed by atoms with E-state index in [4.69, 9.17) is 11.5 Å². The number of H-pyrrole nitrogens is 1. The van der Waals surface area contributed by atoms with Gasteiger partial charge in [-0.1, -0.05) is 12.1 Å². The fraction of sp³-hybridized carbons (Fsp3) is 0.111. The average molecular weight is 349 g/mol. The fourth-order valence-electron chi connectivity index (χ4n) is 2.40. The molecule has 1 amide bonds. The number of anilines is 1. The number of aromatic nitrogens is 2. The predicted octanol–water partition coefficient (Wildman–Crippen LogP) is 2.12. The van der Waals surface area contributed by atoms with E-state index in [1.165, 1.54) is 0 Å². The number of aromatic amines is 1. The molecule has 0 aliphatic heterocycles. The van der Waals surface area contributed by atoms with Crippen molar-refractivity contribution in [3.8, 4) is 0 Å². The van der Waals surface area contributed by atoms with Crippen LogP contribution in [0.4, 0.5) is 5.82 Å². The van der Waals surface area contributed by atoms with Gasteiger partial charge in [0.05, 0.1) is 5.71 Å². The summed E-state index contributed by atoms with van der Waals surface area (Å²) in [6.45, 7) is 3.74. The second kappa shape index (κ2) is 7.06. The number of aryl methyl sites for hydroxylation is 1. The van der Waals surface area contributed by atoms with Crippen LogP contribution in [-0.2, 0) is 0 Å². The van der Waals surface area contributed by atoms with Gasteiger partial charge in [-0.15, -0.1) is 5.10 Å². The Labute approximate surface area is 150 Å². The Morgan fingerprint density at radius 2 is 1.96 bits per heavy atom. The van der Waals surface area contributed by atoms with Crippen LogP contribution in [0.2, 0.25) is 0 Å². The molecule has 3 rings (SSSR count). The van der Waals surface area contributed by atoms with Gasteiger partial charge in [0, 0.05) is 17.1 Å². The van der Waals surface area contributed by atoms with Crippen molar-refractivity contribution >= 4 is 34.3 Å². The summed E-state index contributed by atoms with van der Waals surface area (Å²) in [4.78, 5) is 19.7. The maximum atomic E-state index is 12.4. The molecule has 2 aromatic heterocycles. The molecular weight excluding hydrogens is 330 g/mol. The number of rotatable bonds is 4. The zero-order valence-corrected chi connectivity index (χ0v) is 14.4. The van der Waals surface area contributed by atoms with Gasteiger partial charge in [0.25, 0.3) is 5.91 Å². The van der Waals surface area contributed by atoms with Crippen molar-refractivity contribution < 1.29 is 4.79 Å². The van der Waals surface area contributed by atoms with Gasteiger partial charge in [0.1, 0.15) is 11.5 Å². The number of pyridine rings is 1. The van der Waals surface area contributed by atoms with Crippen molar-refractivity contribution in [2.45, 2.75) is 13.8 Å². The van der Waals surface area contributed by atoms with Crippen molar-refractivity contribution in [2.24, 2.45) is 21.7 Å². The lowest BCUT2D eigenvalue weighted by molar-refractivity contribution is 0.102. The molecule has 132 valence electrons. The quantitative estimate of drug-likeness (QED) is 0.326. The highest BCUT2D eigenvalue weighted by Gasteiger charge is 2.11. The maximum Gasteiger partial charge on any atom is 0.273 e. The number of carbonyl (C=O) groups is 1. The topological polar surface area (TPSA) is 135 Å². The van der Waals surface area contributed by atoms with E-state index in [9.17, 15) is 4.79 Å². The Morgan fingerprint density at radius 1 is 1.15 bits per heavy atom. The van der Waals surface area contributed by atoms with Gasteiger partial charge >= 0.3 is 0 Å². The van der Waals surface area contributed by atoms with Crippen LogP contribution in [0.15, 0.2) is 52.8 Å². The Kier molecular flexibility index (Phi) is 4.66. The lowest BCUT2D eigenvalue weighted by Crippen LogP contribution is -2.22. The molecule has 0 atom stereocenters. The molecule has 0 radical (unpaired) electrons. The van der Waals surface area contributed by atoms with Crippen LogP contribution < -0.4 is 16.8 Å². The minimum absolute atomic E-state index is 0.101. The van der Waals surface area contributed by atoms with Crippen LogP contribution in [0.5, 0.6) is 0 Å². The molecule has 0 saturated carbocycles. The van der Waals surface area contributed by atoms with Crippen LogP contribution >= 0.6 is 0 Å². The number of guanidine groups is 1. The molecule has 26 heavy (non-hydrogen) atoms. The predicted molar refractivity (Wildman–Crippen MR) is 103 cm³/mol. The molecule has 0 bridgehead atoms. The number of nitrogens with two attached hydrogens (primary N) is 2. The number of hydrogen-bond donors (Lipinski definition) is 4. The molecule has 1 aromatic carbocycles. The summed E-state index contributed by atoms with van der Waals surface area (Å²) in [5.41, 5.74) is 14.4. The highest BCUT2D eigenvalue weighted by molar-refractivity contribution is 6.07. The maximum absolute atomic E-state index is 12.4. The summed E-state index contributed by atoms with van der Waals surface area (Å²) in [5, 5.41) is 11.3. The van der Waals surface area contributed by atoms with Gasteiger partial charge in [0.2, 0.25) is 5.96 Å². The molecule has 0 spiro atoms. The molecular formula is C18H19N7O. The monoisotopic (exact) mass is 349 g/mol. The normalized spacial score (nSPS) is 11.4. The number of amides is 1. The lowest BCUT2D eigenvalue weighted by atomic mass is 10.1. The first-order valence-electron chi connectivity index (χ1n) is 7.93. The Bertz CT molecular complexity index is 1010. The SMILES string of the molecule is C/C(=N\N=C(N)N)c1ccc2[nH]c(C(=O)Nc3ccc(C)cn3)cc2c1. The van der Waals surface area contributed by atoms with Crippen LogP contribution in [0.1, 0.15) is 28.5 Å². The zero-order valence-electron chi connectivity index (χ0n) is 14.4. The molecule has 8 heteroatoms. The summed E-state index contributed by atoms with van der Waals surface area (Å²) in [6.07, 6.45) is 1.70. The van der Waals surface area contributed by atoms with Crippen LogP contribution in [-0.4, -0.2) is 27.5 Å². The standard InChI is InChI=1S/C18H19N7O/c1-10-3-6-16(21-9-10)23-17(26)15-8-13-7-12(4-5-14(13)22-15)11(2)24-25-18(19)20/h3-9,22H,1-2H3,(H4,19,20,25)(H,21,23,26)/b24-11+. The number of hydrogen-bond acceptors (Lipinski definition) is 4. The Hall–Kier alpha value is -3.68. The van der Waals surface area contributed by atoms with Gasteiger partial charge in [-0.3, -0.25) is 4.79 Å². The van der Waals surface area contributed by atoms with E-state index >= 15 is 0 Å². The van der Waals surface area contributed by atoms with Gasteiger partial charge in [-0.2, -0.15) is 5.10 Å². The second-order valence-corrected chi connectivity index (χ2v) is 5.87. The van der Waals surface area contributed by atoms with Crippen LogP contribution in [0.3, 0.4) is 0 Å². The van der Waals surface area contributed by atoms with E-state index in [0.29, 0.717) is 17.2 Å². The average Bonchev–Trinajstić information content (AvgIpc) is 3.05. The zero-order chi connectivity index (χ0) is 18.7. The van der Waals surface area contributed by atoms with Gasteiger partial charge < -0.3 is 21.8 Å². The first-order valence-corrected chi connectivity index (χ1v) is 7.93. The third-order valence-electron chi connectivity index (χ3n) is 3.75. The molecule has 3 aromatic rings. The number of nitrogens with zero attached hydrogens (tertiary/aromatic N) is 3. The molecule has 0 unspecified atom stereocenters. The molecule has 0 saturated heterocycles. The number of fused-ring (bicyclic) bond motifs is 1. The molecule has 0 aliphatic rings. The summed E-state index contributed by atoms with van der Waals surface area (Å²) < 4.78 is 0. The van der Waals surface area contributed by atoms with Crippen molar-refractivity contribution in [1.29, 1.82) is 0 Å². The third-order valence-corrected chi connectivity index (χ3v) is 3.75. The molecule has 8 nitrogen and oxygen atoms in total.